The Labute approximate surface area is 132 Å². The first-order valence-corrected chi connectivity index (χ1v) is 8.78. The summed E-state index contributed by atoms with van der Waals surface area (Å²) in [4.78, 5) is 0. The fraction of sp³-hybridized carbons (Fsp3) is 0.789. The highest BCUT2D eigenvalue weighted by molar-refractivity contribution is 5.23. The minimum Gasteiger partial charge on any atom is -0.393 e. The predicted molar refractivity (Wildman–Crippen MR) is 84.9 cm³/mol. The molecule has 0 saturated heterocycles. The molecular formula is C19H28O3. The molecule has 4 rings (SSSR count). The van der Waals surface area contributed by atoms with Crippen molar-refractivity contribution >= 4 is 0 Å². The van der Waals surface area contributed by atoms with E-state index in [9.17, 15) is 15.3 Å². The van der Waals surface area contributed by atoms with Gasteiger partial charge >= 0.3 is 0 Å². The predicted octanol–water partition coefficient (Wildman–Crippen LogP) is 2.27. The first kappa shape index (κ1) is 14.9. The molecule has 4 aliphatic carbocycles. The zero-order chi connectivity index (χ0) is 15.7. The average molecular weight is 304 g/mol. The molecule has 3 nitrogen and oxygen atoms in total. The van der Waals surface area contributed by atoms with Crippen molar-refractivity contribution in [2.45, 2.75) is 57.8 Å². The minimum atomic E-state index is -0.375. The Morgan fingerprint density at radius 2 is 1.77 bits per heavy atom. The van der Waals surface area contributed by atoms with Crippen molar-refractivity contribution in [3.8, 4) is 0 Å². The van der Waals surface area contributed by atoms with Crippen LogP contribution in [0.25, 0.3) is 0 Å². The molecular weight excluding hydrogens is 276 g/mol. The van der Waals surface area contributed by atoms with Crippen molar-refractivity contribution in [2.75, 3.05) is 0 Å². The quantitative estimate of drug-likeness (QED) is 0.602. The molecule has 22 heavy (non-hydrogen) atoms. The molecule has 2 fully saturated rings. The zero-order valence-electron chi connectivity index (χ0n) is 13.5. The van der Waals surface area contributed by atoms with Gasteiger partial charge in [0, 0.05) is 5.41 Å². The first-order chi connectivity index (χ1) is 10.4. The Balaban J connectivity index is 1.73. The molecule has 0 amide bonds. The van der Waals surface area contributed by atoms with Gasteiger partial charge in [0.05, 0.1) is 18.3 Å². The highest BCUT2D eigenvalue weighted by atomic mass is 16.3. The van der Waals surface area contributed by atoms with E-state index in [2.05, 4.69) is 26.0 Å². The topological polar surface area (TPSA) is 60.7 Å². The Hall–Kier alpha value is -0.640. The van der Waals surface area contributed by atoms with Gasteiger partial charge in [0.1, 0.15) is 0 Å². The van der Waals surface area contributed by atoms with E-state index < -0.39 is 0 Å². The molecule has 2 saturated carbocycles. The summed E-state index contributed by atoms with van der Waals surface area (Å²) in [6, 6.07) is 0. The van der Waals surface area contributed by atoms with Crippen LogP contribution < -0.4 is 0 Å². The number of rotatable bonds is 0. The molecule has 9 atom stereocenters. The van der Waals surface area contributed by atoms with Gasteiger partial charge in [0.15, 0.2) is 0 Å². The number of allylic oxidation sites excluding steroid dienone is 2. The highest BCUT2D eigenvalue weighted by Crippen LogP contribution is 2.63. The van der Waals surface area contributed by atoms with Crippen LogP contribution in [0.1, 0.15) is 39.5 Å². The third-order valence-corrected chi connectivity index (χ3v) is 7.66. The number of hydrogen-bond donors (Lipinski definition) is 3. The maximum Gasteiger partial charge on any atom is 0.0780 e. The lowest BCUT2D eigenvalue weighted by molar-refractivity contribution is -0.144. The van der Waals surface area contributed by atoms with E-state index in [0.29, 0.717) is 11.8 Å². The minimum absolute atomic E-state index is 0.0752. The van der Waals surface area contributed by atoms with Gasteiger partial charge in [0.2, 0.25) is 0 Å². The zero-order valence-corrected chi connectivity index (χ0v) is 13.5. The lowest BCUT2D eigenvalue weighted by Gasteiger charge is -2.60. The van der Waals surface area contributed by atoms with Crippen LogP contribution in [0.15, 0.2) is 24.3 Å². The van der Waals surface area contributed by atoms with Crippen LogP contribution in [0.3, 0.4) is 0 Å². The summed E-state index contributed by atoms with van der Waals surface area (Å²) in [5.41, 5.74) is -0.0327. The van der Waals surface area contributed by atoms with Crippen LogP contribution in [0.4, 0.5) is 0 Å². The lowest BCUT2D eigenvalue weighted by Crippen LogP contribution is -2.58. The van der Waals surface area contributed by atoms with Gasteiger partial charge in [-0.1, -0.05) is 38.2 Å². The third-order valence-electron chi connectivity index (χ3n) is 7.66. The van der Waals surface area contributed by atoms with E-state index >= 15 is 0 Å². The van der Waals surface area contributed by atoms with Crippen LogP contribution in [-0.4, -0.2) is 33.6 Å². The molecule has 122 valence electrons. The van der Waals surface area contributed by atoms with E-state index in [4.69, 9.17) is 0 Å². The van der Waals surface area contributed by atoms with E-state index in [-0.39, 0.29) is 41.0 Å². The summed E-state index contributed by atoms with van der Waals surface area (Å²) in [6.07, 6.45) is 10.9. The van der Waals surface area contributed by atoms with Gasteiger partial charge in [-0.3, -0.25) is 0 Å². The molecule has 4 aliphatic rings. The monoisotopic (exact) mass is 304 g/mol. The van der Waals surface area contributed by atoms with Crippen LogP contribution in [0, 0.1) is 34.5 Å². The normalized spacial score (nSPS) is 59.8. The van der Waals surface area contributed by atoms with Crippen molar-refractivity contribution in [1.82, 2.24) is 0 Å². The molecule has 0 radical (unpaired) electrons. The van der Waals surface area contributed by atoms with Gasteiger partial charge in [-0.2, -0.15) is 0 Å². The fourth-order valence-corrected chi connectivity index (χ4v) is 6.19. The number of aliphatic hydroxyl groups is 3. The molecule has 0 aromatic carbocycles. The van der Waals surface area contributed by atoms with Crippen LogP contribution in [0.5, 0.6) is 0 Å². The number of hydrogen-bond acceptors (Lipinski definition) is 3. The summed E-state index contributed by atoms with van der Waals surface area (Å²) < 4.78 is 0. The molecule has 0 bridgehead atoms. The summed E-state index contributed by atoms with van der Waals surface area (Å²) >= 11 is 0. The molecule has 0 unspecified atom stereocenters. The number of fused-ring (bicyclic) bond motifs is 5. The van der Waals surface area contributed by atoms with E-state index in [1.807, 2.05) is 12.2 Å². The largest absolute Gasteiger partial charge is 0.393 e. The molecule has 0 aromatic heterocycles. The van der Waals surface area contributed by atoms with Crippen molar-refractivity contribution in [3.63, 3.8) is 0 Å². The van der Waals surface area contributed by atoms with Crippen LogP contribution >= 0.6 is 0 Å². The highest BCUT2D eigenvalue weighted by Gasteiger charge is 2.60. The summed E-state index contributed by atoms with van der Waals surface area (Å²) in [5, 5.41) is 31.2. The average Bonchev–Trinajstić information content (AvgIpc) is 2.77. The van der Waals surface area contributed by atoms with Gasteiger partial charge < -0.3 is 15.3 Å². The van der Waals surface area contributed by atoms with Gasteiger partial charge in [-0.15, -0.1) is 0 Å². The second-order valence-electron chi connectivity index (χ2n) is 8.61. The van der Waals surface area contributed by atoms with Crippen LogP contribution in [0.2, 0.25) is 0 Å². The van der Waals surface area contributed by atoms with Crippen molar-refractivity contribution in [3.05, 3.63) is 24.3 Å². The molecule has 3 N–H and O–H groups in total. The smallest absolute Gasteiger partial charge is 0.0780 e. The van der Waals surface area contributed by atoms with Crippen molar-refractivity contribution in [1.29, 1.82) is 0 Å². The fourth-order valence-electron chi connectivity index (χ4n) is 6.19. The molecule has 0 spiro atoms. The van der Waals surface area contributed by atoms with Gasteiger partial charge in [-0.05, 0) is 54.8 Å². The molecule has 0 aromatic rings. The number of aliphatic hydroxyl groups excluding tert-OH is 3. The Kier molecular flexibility index (Phi) is 3.18. The van der Waals surface area contributed by atoms with E-state index in [1.165, 1.54) is 0 Å². The Morgan fingerprint density at radius 3 is 2.55 bits per heavy atom. The SMILES string of the molecule is C[C@]12C=C[C@H](O)C[C@H]1C[C@H](O)[C@@H]1[C@@H]2CC[C@]2(C)[C@@H](O)C=C[C@@H]12. The maximum absolute atomic E-state index is 10.9. The molecule has 0 heterocycles. The second kappa shape index (κ2) is 4.68. The molecule has 3 heteroatoms. The molecule has 0 aliphatic heterocycles. The van der Waals surface area contributed by atoms with E-state index in [0.717, 1.165) is 25.7 Å². The van der Waals surface area contributed by atoms with Gasteiger partial charge in [0.25, 0.3) is 0 Å². The Bertz CT molecular complexity index is 527. The second-order valence-corrected chi connectivity index (χ2v) is 8.61. The Morgan fingerprint density at radius 1 is 1.00 bits per heavy atom. The maximum atomic E-state index is 10.9. The summed E-state index contributed by atoms with van der Waals surface area (Å²) in [6.45, 7) is 4.50. The third kappa shape index (κ3) is 1.79. The summed E-state index contributed by atoms with van der Waals surface area (Å²) in [7, 11) is 0. The standard InChI is InChI=1S/C19H28O3/c1-18-7-5-12(20)9-11(18)10-15(21)17-13-3-4-16(22)19(13,2)8-6-14(17)18/h3-5,7,11-17,20-22H,6,8-10H2,1-2H3/t11-,12-,13-,14-,15-,16-,17-,18-,19-/m0/s1. The first-order valence-electron chi connectivity index (χ1n) is 8.78. The lowest BCUT2D eigenvalue weighted by atomic mass is 9.45. The van der Waals surface area contributed by atoms with Crippen molar-refractivity contribution in [2.24, 2.45) is 34.5 Å². The van der Waals surface area contributed by atoms with Crippen LogP contribution in [-0.2, 0) is 0 Å². The summed E-state index contributed by atoms with van der Waals surface area (Å²) in [5.74, 6) is 1.31. The van der Waals surface area contributed by atoms with E-state index in [1.54, 1.807) is 0 Å². The van der Waals surface area contributed by atoms with Crippen molar-refractivity contribution < 1.29 is 15.3 Å². The van der Waals surface area contributed by atoms with Gasteiger partial charge in [-0.25, -0.2) is 0 Å².